The number of likely N-dealkylation sites (tertiary alicyclic amines) is 1. The van der Waals surface area contributed by atoms with Crippen molar-refractivity contribution in [1.82, 2.24) is 10.2 Å². The second kappa shape index (κ2) is 9.69. The summed E-state index contributed by atoms with van der Waals surface area (Å²) in [4.78, 5) is 25.4. The Morgan fingerprint density at radius 1 is 1.29 bits per heavy atom. The van der Waals surface area contributed by atoms with Crippen molar-refractivity contribution >= 4 is 23.6 Å². The molecule has 1 fully saturated rings. The fourth-order valence-electron chi connectivity index (χ4n) is 3.09. The number of hydrogen-bond acceptors (Lipinski definition) is 4. The highest BCUT2D eigenvalue weighted by atomic mass is 32.2. The molecule has 1 aliphatic heterocycles. The minimum Gasteiger partial charge on any atom is -0.480 e. The first-order chi connectivity index (χ1) is 11.6. The molecule has 0 bridgehead atoms. The van der Waals surface area contributed by atoms with Crippen LogP contribution in [0.5, 0.6) is 0 Å². The lowest BCUT2D eigenvalue weighted by Gasteiger charge is -2.32. The van der Waals surface area contributed by atoms with Crippen molar-refractivity contribution in [3.63, 3.8) is 0 Å². The molecule has 0 radical (unpaired) electrons. The zero-order valence-electron chi connectivity index (χ0n) is 14.1. The summed E-state index contributed by atoms with van der Waals surface area (Å²) < 4.78 is 0. The van der Waals surface area contributed by atoms with Crippen LogP contribution in [0, 0.1) is 0 Å². The van der Waals surface area contributed by atoms with Gasteiger partial charge in [-0.05, 0) is 55.8 Å². The molecular formula is C18H26N2O3S. The van der Waals surface area contributed by atoms with Gasteiger partial charge in [-0.25, -0.2) is 4.79 Å². The number of carbonyl (C=O) groups is 2. The third-order valence-corrected chi connectivity index (χ3v) is 5.11. The molecule has 0 saturated carbocycles. The molecule has 1 heterocycles. The van der Waals surface area contributed by atoms with Gasteiger partial charge in [-0.1, -0.05) is 30.3 Å². The largest absolute Gasteiger partial charge is 0.480 e. The Hall–Kier alpha value is -1.53. The van der Waals surface area contributed by atoms with Crippen LogP contribution in [0.25, 0.3) is 0 Å². The number of piperidine rings is 1. The molecule has 0 spiro atoms. The normalized spacial score (nSPS) is 17.4. The summed E-state index contributed by atoms with van der Waals surface area (Å²) in [6.07, 6.45) is 4.45. The predicted octanol–water partition coefficient (Wildman–Crippen LogP) is 2.19. The summed E-state index contributed by atoms with van der Waals surface area (Å²) in [6, 6.07) is 9.70. The summed E-state index contributed by atoms with van der Waals surface area (Å²) in [7, 11) is 0. The number of nitrogens with one attached hydrogen (secondary N) is 1. The maximum absolute atomic E-state index is 12.1. The molecule has 1 unspecified atom stereocenters. The second-order valence-corrected chi connectivity index (χ2v) is 7.19. The van der Waals surface area contributed by atoms with Gasteiger partial charge in [0, 0.05) is 0 Å². The van der Waals surface area contributed by atoms with Gasteiger partial charge in [0.15, 0.2) is 0 Å². The van der Waals surface area contributed by atoms with Gasteiger partial charge in [0.2, 0.25) is 5.91 Å². The number of benzene rings is 1. The van der Waals surface area contributed by atoms with E-state index in [9.17, 15) is 14.7 Å². The fraction of sp³-hybridized carbons (Fsp3) is 0.556. The first-order valence-electron chi connectivity index (χ1n) is 8.38. The molecule has 2 rings (SSSR count). The molecule has 1 amide bonds. The minimum atomic E-state index is -0.958. The van der Waals surface area contributed by atoms with E-state index in [1.165, 1.54) is 5.56 Å². The first-order valence-corrected chi connectivity index (χ1v) is 9.78. The molecule has 1 aromatic rings. The number of aliphatic carboxylic acids is 1. The van der Waals surface area contributed by atoms with Crippen LogP contribution in [0.3, 0.4) is 0 Å². The molecule has 0 aromatic heterocycles. The molecule has 6 heteroatoms. The number of carbonyl (C=O) groups excluding carboxylic acids is 1. The number of thioether (sulfide) groups is 1. The van der Waals surface area contributed by atoms with Crippen LogP contribution in [0.4, 0.5) is 0 Å². The molecule has 1 saturated heterocycles. The maximum Gasteiger partial charge on any atom is 0.326 e. The van der Waals surface area contributed by atoms with Crippen molar-refractivity contribution in [3.05, 3.63) is 35.9 Å². The molecule has 5 nitrogen and oxygen atoms in total. The molecule has 1 aromatic carbocycles. The smallest absolute Gasteiger partial charge is 0.326 e. The van der Waals surface area contributed by atoms with Gasteiger partial charge < -0.3 is 10.4 Å². The molecule has 24 heavy (non-hydrogen) atoms. The van der Waals surface area contributed by atoms with Gasteiger partial charge in [0.25, 0.3) is 0 Å². The van der Waals surface area contributed by atoms with E-state index in [1.807, 2.05) is 12.3 Å². The highest BCUT2D eigenvalue weighted by Crippen LogP contribution is 2.27. The van der Waals surface area contributed by atoms with Gasteiger partial charge in [-0.2, -0.15) is 11.8 Å². The number of carboxylic acid groups (broad SMARTS) is 1. The monoisotopic (exact) mass is 350 g/mol. The van der Waals surface area contributed by atoms with Crippen LogP contribution in [-0.2, 0) is 9.59 Å². The van der Waals surface area contributed by atoms with Crippen LogP contribution in [0.15, 0.2) is 30.3 Å². The quantitative estimate of drug-likeness (QED) is 0.752. The summed E-state index contributed by atoms with van der Waals surface area (Å²) in [5.74, 6) is 0.125. The number of nitrogens with zero attached hydrogens (tertiary/aromatic N) is 1. The third-order valence-electron chi connectivity index (χ3n) is 4.47. The van der Waals surface area contributed by atoms with Crippen molar-refractivity contribution in [1.29, 1.82) is 0 Å². The van der Waals surface area contributed by atoms with E-state index in [4.69, 9.17) is 0 Å². The van der Waals surface area contributed by atoms with Gasteiger partial charge >= 0.3 is 5.97 Å². The number of carboxylic acids is 1. The SMILES string of the molecule is CSCCC(NC(=O)CN1CCC(c2ccccc2)CC1)C(=O)O. The van der Waals surface area contributed by atoms with Crippen LogP contribution in [0.1, 0.15) is 30.7 Å². The lowest BCUT2D eigenvalue weighted by molar-refractivity contribution is -0.142. The second-order valence-electron chi connectivity index (χ2n) is 6.20. The Labute approximate surface area is 147 Å². The van der Waals surface area contributed by atoms with E-state index >= 15 is 0 Å². The molecule has 2 N–H and O–H groups in total. The fourth-order valence-corrected chi connectivity index (χ4v) is 3.56. The summed E-state index contributed by atoms with van der Waals surface area (Å²) >= 11 is 1.58. The van der Waals surface area contributed by atoms with Crippen molar-refractivity contribution in [2.75, 3.05) is 31.6 Å². The Kier molecular flexibility index (Phi) is 7.59. The summed E-state index contributed by atoms with van der Waals surface area (Å²) in [6.45, 7) is 2.02. The zero-order valence-corrected chi connectivity index (χ0v) is 14.9. The average Bonchev–Trinajstić information content (AvgIpc) is 2.59. The lowest BCUT2D eigenvalue weighted by Crippen LogP contribution is -2.47. The molecule has 1 atom stereocenters. The number of amides is 1. The van der Waals surface area contributed by atoms with Crippen molar-refractivity contribution < 1.29 is 14.7 Å². The van der Waals surface area contributed by atoms with Crippen LogP contribution >= 0.6 is 11.8 Å². The highest BCUT2D eigenvalue weighted by molar-refractivity contribution is 7.98. The molecule has 132 valence electrons. The topological polar surface area (TPSA) is 69.6 Å². The zero-order chi connectivity index (χ0) is 17.4. The van der Waals surface area contributed by atoms with Gasteiger partial charge in [0.1, 0.15) is 6.04 Å². The predicted molar refractivity (Wildman–Crippen MR) is 97.4 cm³/mol. The van der Waals surface area contributed by atoms with Crippen LogP contribution in [0.2, 0.25) is 0 Å². The Morgan fingerprint density at radius 3 is 2.54 bits per heavy atom. The van der Waals surface area contributed by atoms with Gasteiger partial charge in [-0.15, -0.1) is 0 Å². The Bertz CT molecular complexity index is 530. The average molecular weight is 350 g/mol. The van der Waals surface area contributed by atoms with Crippen LogP contribution < -0.4 is 5.32 Å². The van der Waals surface area contributed by atoms with Gasteiger partial charge in [0.05, 0.1) is 6.54 Å². The van der Waals surface area contributed by atoms with E-state index in [0.29, 0.717) is 12.3 Å². The van der Waals surface area contributed by atoms with E-state index in [2.05, 4.69) is 34.5 Å². The standard InChI is InChI=1S/C18H26N2O3S/c1-24-12-9-16(18(22)23)19-17(21)13-20-10-7-15(8-11-20)14-5-3-2-4-6-14/h2-6,15-16H,7-13H2,1H3,(H,19,21)(H,22,23). The molecule has 0 aliphatic carbocycles. The molecule has 1 aliphatic rings. The van der Waals surface area contributed by atoms with Gasteiger partial charge in [-0.3, -0.25) is 9.69 Å². The van der Waals surface area contributed by atoms with Crippen molar-refractivity contribution in [3.8, 4) is 0 Å². The highest BCUT2D eigenvalue weighted by Gasteiger charge is 2.24. The summed E-state index contributed by atoms with van der Waals surface area (Å²) in [5, 5.41) is 11.8. The Balaban J connectivity index is 1.76. The molecular weight excluding hydrogens is 324 g/mol. The lowest BCUT2D eigenvalue weighted by atomic mass is 9.89. The summed E-state index contributed by atoms with van der Waals surface area (Å²) in [5.41, 5.74) is 1.37. The number of rotatable bonds is 8. The van der Waals surface area contributed by atoms with E-state index in [0.717, 1.165) is 31.7 Å². The van der Waals surface area contributed by atoms with Crippen molar-refractivity contribution in [2.45, 2.75) is 31.2 Å². The van der Waals surface area contributed by atoms with E-state index in [-0.39, 0.29) is 12.5 Å². The Morgan fingerprint density at radius 2 is 1.96 bits per heavy atom. The maximum atomic E-state index is 12.1. The minimum absolute atomic E-state index is 0.193. The van der Waals surface area contributed by atoms with E-state index < -0.39 is 12.0 Å². The third kappa shape index (κ3) is 5.83. The number of hydrogen-bond donors (Lipinski definition) is 2. The van der Waals surface area contributed by atoms with Crippen LogP contribution in [-0.4, -0.2) is 59.6 Å². The van der Waals surface area contributed by atoms with E-state index in [1.54, 1.807) is 11.8 Å². The van der Waals surface area contributed by atoms with Crippen molar-refractivity contribution in [2.24, 2.45) is 0 Å². The first kappa shape index (κ1) is 18.8.